The molecule has 0 spiro atoms. The highest BCUT2D eigenvalue weighted by molar-refractivity contribution is 7.19. The van der Waals surface area contributed by atoms with E-state index in [1.807, 2.05) is 25.2 Å². The second kappa shape index (κ2) is 8.87. The molecule has 5 rings (SSSR count). The lowest BCUT2D eigenvalue weighted by molar-refractivity contribution is 0.0889. The van der Waals surface area contributed by atoms with Crippen LogP contribution in [0.3, 0.4) is 0 Å². The zero-order chi connectivity index (χ0) is 22.1. The number of rotatable bonds is 6. The van der Waals surface area contributed by atoms with E-state index in [2.05, 4.69) is 22.1 Å². The van der Waals surface area contributed by atoms with Gasteiger partial charge in [0, 0.05) is 43.1 Å². The molecule has 0 bridgehead atoms. The van der Waals surface area contributed by atoms with Gasteiger partial charge in [0.25, 0.3) is 5.91 Å². The minimum Gasteiger partial charge on any atom is -0.340 e. The number of fused-ring (bicyclic) bond motifs is 1. The topological polar surface area (TPSA) is 83.7 Å². The Labute approximate surface area is 192 Å². The maximum absolute atomic E-state index is 12.9. The largest absolute Gasteiger partial charge is 0.340 e. The van der Waals surface area contributed by atoms with Crippen LogP contribution in [0.15, 0.2) is 24.4 Å². The van der Waals surface area contributed by atoms with Gasteiger partial charge >= 0.3 is 0 Å². The minimum absolute atomic E-state index is 0.207. The number of nitrogens with zero attached hydrogens (tertiary/aromatic N) is 3. The molecule has 2 saturated carbocycles. The monoisotopic (exact) mass is 445 g/mol. The maximum Gasteiger partial charge on any atom is 0.269 e. The normalized spacial score (nSPS) is 20.2. The van der Waals surface area contributed by atoms with Crippen molar-refractivity contribution in [2.45, 2.75) is 38.5 Å². The van der Waals surface area contributed by atoms with E-state index in [-0.39, 0.29) is 5.91 Å². The Kier molecular flexibility index (Phi) is 5.79. The van der Waals surface area contributed by atoms with Crippen LogP contribution in [-0.4, -0.2) is 33.2 Å². The Hall–Kier alpha value is -2.98. The van der Waals surface area contributed by atoms with Gasteiger partial charge in [0.2, 0.25) is 0 Å². The Morgan fingerprint density at radius 3 is 2.88 bits per heavy atom. The van der Waals surface area contributed by atoms with Gasteiger partial charge in [0.1, 0.15) is 10.7 Å². The van der Waals surface area contributed by atoms with Crippen molar-refractivity contribution in [3.63, 3.8) is 0 Å². The van der Waals surface area contributed by atoms with Crippen molar-refractivity contribution in [3.8, 4) is 11.8 Å². The highest BCUT2D eigenvalue weighted by Gasteiger charge is 2.38. The van der Waals surface area contributed by atoms with Gasteiger partial charge in [0.15, 0.2) is 5.65 Å². The van der Waals surface area contributed by atoms with Crippen molar-refractivity contribution in [1.82, 2.24) is 19.9 Å². The molecule has 2 aliphatic rings. The lowest BCUT2D eigenvalue weighted by Gasteiger charge is -2.43. The molecule has 0 radical (unpaired) electrons. The molecule has 3 aromatic rings. The number of pyridine rings is 1. The molecule has 2 aliphatic carbocycles. The summed E-state index contributed by atoms with van der Waals surface area (Å²) in [6.45, 7) is 0.335. The van der Waals surface area contributed by atoms with E-state index in [1.54, 1.807) is 10.8 Å². The first kappa shape index (κ1) is 20.9. The van der Waals surface area contributed by atoms with Crippen molar-refractivity contribution in [1.29, 1.82) is 5.41 Å². The molecule has 2 unspecified atom stereocenters. The summed E-state index contributed by atoms with van der Waals surface area (Å²) < 4.78 is 2.65. The molecule has 164 valence electrons. The highest BCUT2D eigenvalue weighted by Crippen LogP contribution is 2.47. The first-order chi connectivity index (χ1) is 15.7. The van der Waals surface area contributed by atoms with Crippen LogP contribution in [-0.2, 0) is 13.5 Å². The Morgan fingerprint density at radius 1 is 1.34 bits per heavy atom. The molecule has 6 nitrogen and oxygen atoms in total. The van der Waals surface area contributed by atoms with Crippen molar-refractivity contribution in [3.05, 3.63) is 46.4 Å². The minimum atomic E-state index is -0.207. The molecule has 2 fully saturated rings. The Bertz CT molecular complexity index is 1210. The number of nitrogens with one attached hydrogen (secondary N) is 2. The van der Waals surface area contributed by atoms with Gasteiger partial charge in [0.05, 0.1) is 11.2 Å². The van der Waals surface area contributed by atoms with E-state index < -0.39 is 0 Å². The quantitative estimate of drug-likeness (QED) is 0.441. The third kappa shape index (κ3) is 3.84. The third-order valence-electron chi connectivity index (χ3n) is 6.93. The molecule has 0 aromatic carbocycles. The van der Waals surface area contributed by atoms with Crippen molar-refractivity contribution >= 4 is 33.8 Å². The van der Waals surface area contributed by atoms with Crippen molar-refractivity contribution in [2.75, 3.05) is 6.54 Å². The summed E-state index contributed by atoms with van der Waals surface area (Å²) in [6, 6.07) is 5.83. The first-order valence-electron chi connectivity index (χ1n) is 11.3. The summed E-state index contributed by atoms with van der Waals surface area (Å²) in [4.78, 5) is 22.0. The van der Waals surface area contributed by atoms with E-state index in [4.69, 9.17) is 10.4 Å². The molecule has 32 heavy (non-hydrogen) atoms. The Balaban J connectivity index is 1.27. The molecule has 2 atom stereocenters. The first-order valence-corrected chi connectivity index (χ1v) is 12.1. The average Bonchev–Trinajstić information content (AvgIpc) is 3.27. The van der Waals surface area contributed by atoms with Crippen LogP contribution < -0.4 is 5.32 Å². The number of carbonyl (C=O) groups excluding carboxylic acids is 1. The second-order valence-corrected chi connectivity index (χ2v) is 9.85. The fourth-order valence-electron chi connectivity index (χ4n) is 4.82. The third-order valence-corrected chi connectivity index (χ3v) is 8.01. The van der Waals surface area contributed by atoms with Crippen molar-refractivity contribution in [2.24, 2.45) is 24.8 Å². The lowest BCUT2D eigenvalue weighted by Crippen LogP contribution is -2.35. The predicted molar refractivity (Wildman–Crippen MR) is 127 cm³/mol. The number of thiazole rings is 1. The van der Waals surface area contributed by atoms with Gasteiger partial charge in [-0.1, -0.05) is 37.2 Å². The predicted octanol–water partition coefficient (Wildman–Crippen LogP) is 4.18. The van der Waals surface area contributed by atoms with Gasteiger partial charge in [-0.3, -0.25) is 9.78 Å². The zero-order valence-corrected chi connectivity index (χ0v) is 19.0. The Morgan fingerprint density at radius 2 is 2.22 bits per heavy atom. The fraction of sp³-hybridized carbons (Fsp3) is 0.440. The fourth-order valence-corrected chi connectivity index (χ4v) is 5.95. The van der Waals surface area contributed by atoms with E-state index in [9.17, 15) is 4.79 Å². The van der Waals surface area contributed by atoms with Gasteiger partial charge < -0.3 is 15.3 Å². The average molecular weight is 446 g/mol. The van der Waals surface area contributed by atoms with E-state index in [0.717, 1.165) is 32.9 Å². The van der Waals surface area contributed by atoms with Crippen LogP contribution in [0.1, 0.15) is 58.9 Å². The van der Waals surface area contributed by atoms with E-state index in [0.29, 0.717) is 30.1 Å². The molecule has 1 amide bonds. The van der Waals surface area contributed by atoms with E-state index >= 15 is 0 Å². The number of amides is 1. The summed E-state index contributed by atoms with van der Waals surface area (Å²) >= 11 is 1.52. The number of aromatic nitrogens is 3. The van der Waals surface area contributed by atoms with Crippen LogP contribution in [0.5, 0.6) is 0 Å². The van der Waals surface area contributed by atoms with Crippen LogP contribution in [0.2, 0.25) is 0 Å². The highest BCUT2D eigenvalue weighted by atomic mass is 32.1. The lowest BCUT2D eigenvalue weighted by atomic mass is 9.61. The standard InChI is InChI=1S/C25H27N5OS/c1-30-22(25(31)28-13-5-8-17-10-11-19(17)16-6-4-7-16)20(15-26)23-24(30)29-21(32-23)14-18-9-2-3-12-27-18/h2-3,9,12,15-17,19,26H,4,6-7,10-11,13-14H2,1H3,(H,28,31). The van der Waals surface area contributed by atoms with Gasteiger partial charge in [-0.05, 0) is 36.8 Å². The number of hydrogen-bond donors (Lipinski definition) is 2. The number of carbonyl (C=O) groups is 1. The summed E-state index contributed by atoms with van der Waals surface area (Å²) in [7, 11) is 1.83. The second-order valence-electron chi connectivity index (χ2n) is 8.77. The van der Waals surface area contributed by atoms with Crippen LogP contribution in [0, 0.1) is 35.0 Å². The van der Waals surface area contributed by atoms with Crippen LogP contribution in [0.25, 0.3) is 10.3 Å². The van der Waals surface area contributed by atoms with Gasteiger partial charge in [-0.25, -0.2) is 4.98 Å². The van der Waals surface area contributed by atoms with E-state index in [1.165, 1.54) is 49.7 Å². The molecule has 7 heteroatoms. The van der Waals surface area contributed by atoms with Crippen LogP contribution >= 0.6 is 11.3 Å². The zero-order valence-electron chi connectivity index (χ0n) is 18.2. The summed E-state index contributed by atoms with van der Waals surface area (Å²) in [5.41, 5.74) is 2.76. The molecule has 3 heterocycles. The number of aryl methyl sites for hydroxylation is 1. The van der Waals surface area contributed by atoms with Crippen LogP contribution in [0.4, 0.5) is 0 Å². The molecular weight excluding hydrogens is 418 g/mol. The smallest absolute Gasteiger partial charge is 0.269 e. The van der Waals surface area contributed by atoms with Gasteiger partial charge in [-0.2, -0.15) is 0 Å². The SMILES string of the molecule is Cn1c(C(=O)NCC#CC2CCC2C2CCC2)c(C=N)c2sc(Cc3ccccn3)nc21. The van der Waals surface area contributed by atoms with Crippen molar-refractivity contribution < 1.29 is 4.79 Å². The molecule has 0 aliphatic heterocycles. The van der Waals surface area contributed by atoms with Gasteiger partial charge in [-0.15, -0.1) is 11.3 Å². The molecular formula is C25H27N5OS. The maximum atomic E-state index is 12.9. The molecule has 2 N–H and O–H groups in total. The number of hydrogen-bond acceptors (Lipinski definition) is 5. The summed E-state index contributed by atoms with van der Waals surface area (Å²) in [5.74, 6) is 8.53. The summed E-state index contributed by atoms with van der Waals surface area (Å²) in [6.07, 6.45) is 10.3. The summed E-state index contributed by atoms with van der Waals surface area (Å²) in [5, 5.41) is 11.8. The molecule has 0 saturated heterocycles. The molecule has 3 aromatic heterocycles.